The number of unbranched alkanes of at least 4 members (excludes halogenated alkanes) is 1. The molecule has 0 bridgehead atoms. The van der Waals surface area contributed by atoms with Gasteiger partial charge in [0.25, 0.3) is 5.56 Å². The lowest BCUT2D eigenvalue weighted by atomic mass is 10.3. The number of hydrogen-bond acceptors (Lipinski definition) is 4. The smallest absolute Gasteiger partial charge is 0.283 e. The van der Waals surface area contributed by atoms with Gasteiger partial charge >= 0.3 is 0 Å². The molecule has 0 spiro atoms. The third kappa shape index (κ3) is 3.23. The number of nitrogens with zero attached hydrogens (tertiary/aromatic N) is 4. The summed E-state index contributed by atoms with van der Waals surface area (Å²) in [5, 5.41) is 11.3. The predicted molar refractivity (Wildman–Crippen MR) is 77.6 cm³/mol. The first kappa shape index (κ1) is 13.8. The molecule has 0 aliphatic carbocycles. The minimum absolute atomic E-state index is 0.123. The summed E-state index contributed by atoms with van der Waals surface area (Å²) in [4.78, 5) is 12.1. The van der Waals surface area contributed by atoms with Crippen LogP contribution in [0.1, 0.15) is 19.8 Å². The molecule has 2 rings (SSSR count). The monoisotopic (exact) mass is 325 g/mol. The highest BCUT2D eigenvalue weighted by molar-refractivity contribution is 9.10. The van der Waals surface area contributed by atoms with Gasteiger partial charge in [0.15, 0.2) is 0 Å². The Morgan fingerprint density at radius 2 is 2.16 bits per heavy atom. The molecule has 0 saturated heterocycles. The highest BCUT2D eigenvalue weighted by Crippen LogP contribution is 2.21. The number of aryl methyl sites for hydroxylation is 2. The van der Waals surface area contributed by atoms with Crippen LogP contribution in [-0.4, -0.2) is 19.6 Å². The zero-order valence-electron chi connectivity index (χ0n) is 10.9. The summed E-state index contributed by atoms with van der Waals surface area (Å²) < 4.78 is 3.65. The van der Waals surface area contributed by atoms with Crippen molar-refractivity contribution in [3.8, 4) is 0 Å². The van der Waals surface area contributed by atoms with Gasteiger partial charge in [-0.05, 0) is 22.4 Å². The molecule has 6 nitrogen and oxygen atoms in total. The first-order valence-corrected chi connectivity index (χ1v) is 6.92. The second kappa shape index (κ2) is 6.01. The molecule has 2 aromatic heterocycles. The maximum absolute atomic E-state index is 12.1. The number of hydrogen-bond donors (Lipinski definition) is 1. The van der Waals surface area contributed by atoms with Crippen LogP contribution in [-0.2, 0) is 13.6 Å². The van der Waals surface area contributed by atoms with E-state index in [0.717, 1.165) is 18.5 Å². The van der Waals surface area contributed by atoms with Gasteiger partial charge < -0.3 is 5.32 Å². The average molecular weight is 326 g/mol. The maximum Gasteiger partial charge on any atom is 0.283 e. The molecule has 2 heterocycles. The Bertz CT molecular complexity index is 619. The summed E-state index contributed by atoms with van der Waals surface area (Å²) in [6.07, 6.45) is 7.13. The van der Waals surface area contributed by atoms with Gasteiger partial charge in [-0.25, -0.2) is 4.68 Å². The van der Waals surface area contributed by atoms with Crippen molar-refractivity contribution in [3.05, 3.63) is 33.4 Å². The highest BCUT2D eigenvalue weighted by atomic mass is 79.9. The summed E-state index contributed by atoms with van der Waals surface area (Å²) in [7, 11) is 1.83. The fourth-order valence-electron chi connectivity index (χ4n) is 1.66. The van der Waals surface area contributed by atoms with E-state index in [1.54, 1.807) is 17.1 Å². The van der Waals surface area contributed by atoms with E-state index in [2.05, 4.69) is 38.4 Å². The Balaban J connectivity index is 2.23. The lowest BCUT2D eigenvalue weighted by Crippen LogP contribution is -2.24. The molecule has 0 aliphatic heterocycles. The minimum atomic E-state index is -0.123. The summed E-state index contributed by atoms with van der Waals surface area (Å²) in [5.74, 6) is 0. The molecule has 0 saturated carbocycles. The van der Waals surface area contributed by atoms with Crippen molar-refractivity contribution in [2.45, 2.75) is 26.3 Å². The second-order valence-corrected chi connectivity index (χ2v) is 5.07. The van der Waals surface area contributed by atoms with Gasteiger partial charge in [-0.1, -0.05) is 13.3 Å². The van der Waals surface area contributed by atoms with Crippen molar-refractivity contribution in [1.29, 1.82) is 0 Å². The molecular formula is C12H16BrN5O. The van der Waals surface area contributed by atoms with Crippen LogP contribution in [0, 0.1) is 0 Å². The van der Waals surface area contributed by atoms with E-state index in [0.29, 0.717) is 16.7 Å². The van der Waals surface area contributed by atoms with Crippen molar-refractivity contribution in [1.82, 2.24) is 19.6 Å². The Morgan fingerprint density at radius 3 is 2.79 bits per heavy atom. The molecule has 2 aromatic rings. The standard InChI is InChI=1S/C12H16BrN5O/c1-3-4-5-18-12(19)11(13)10(7-15-18)16-9-6-14-17(2)8-9/h6-8,16H,3-5H2,1-2H3. The SMILES string of the molecule is CCCCn1ncc(Nc2cnn(C)c2)c(Br)c1=O. The summed E-state index contributed by atoms with van der Waals surface area (Å²) >= 11 is 3.32. The van der Waals surface area contributed by atoms with Crippen LogP contribution in [0.25, 0.3) is 0 Å². The molecule has 0 fully saturated rings. The number of nitrogens with one attached hydrogen (secondary N) is 1. The Labute approximate surface area is 119 Å². The van der Waals surface area contributed by atoms with Crippen LogP contribution < -0.4 is 10.9 Å². The number of anilines is 2. The topological polar surface area (TPSA) is 64.7 Å². The summed E-state index contributed by atoms with van der Waals surface area (Å²) in [5.41, 5.74) is 1.34. The Morgan fingerprint density at radius 1 is 1.37 bits per heavy atom. The molecule has 0 aromatic carbocycles. The predicted octanol–water partition coefficient (Wildman–Crippen LogP) is 2.28. The molecule has 0 atom stereocenters. The van der Waals surface area contributed by atoms with Crippen molar-refractivity contribution in [2.75, 3.05) is 5.32 Å². The first-order valence-electron chi connectivity index (χ1n) is 6.13. The molecular weight excluding hydrogens is 310 g/mol. The van der Waals surface area contributed by atoms with Crippen molar-refractivity contribution in [3.63, 3.8) is 0 Å². The zero-order chi connectivity index (χ0) is 13.8. The van der Waals surface area contributed by atoms with Gasteiger partial charge in [-0.2, -0.15) is 10.2 Å². The van der Waals surface area contributed by atoms with E-state index in [4.69, 9.17) is 0 Å². The van der Waals surface area contributed by atoms with E-state index in [1.165, 1.54) is 4.68 Å². The molecule has 0 amide bonds. The highest BCUT2D eigenvalue weighted by Gasteiger charge is 2.09. The lowest BCUT2D eigenvalue weighted by Gasteiger charge is -2.08. The van der Waals surface area contributed by atoms with Gasteiger partial charge in [-0.15, -0.1) is 0 Å². The average Bonchev–Trinajstić information content (AvgIpc) is 2.80. The minimum Gasteiger partial charge on any atom is -0.351 e. The fraction of sp³-hybridized carbons (Fsp3) is 0.417. The molecule has 102 valence electrons. The normalized spacial score (nSPS) is 10.7. The molecule has 0 radical (unpaired) electrons. The summed E-state index contributed by atoms with van der Waals surface area (Å²) in [6, 6.07) is 0. The number of halogens is 1. The number of rotatable bonds is 5. The van der Waals surface area contributed by atoms with Gasteiger partial charge in [-0.3, -0.25) is 9.48 Å². The van der Waals surface area contributed by atoms with Crippen LogP contribution in [0.2, 0.25) is 0 Å². The Hall–Kier alpha value is -1.63. The third-order valence-electron chi connectivity index (χ3n) is 2.69. The fourth-order valence-corrected chi connectivity index (χ4v) is 2.07. The molecule has 1 N–H and O–H groups in total. The van der Waals surface area contributed by atoms with Gasteiger partial charge in [0.05, 0.1) is 23.8 Å². The van der Waals surface area contributed by atoms with E-state index in [-0.39, 0.29) is 5.56 Å². The van der Waals surface area contributed by atoms with Gasteiger partial charge in [0, 0.05) is 19.8 Å². The van der Waals surface area contributed by atoms with Crippen LogP contribution in [0.3, 0.4) is 0 Å². The largest absolute Gasteiger partial charge is 0.351 e. The van der Waals surface area contributed by atoms with E-state index in [9.17, 15) is 4.79 Å². The van der Waals surface area contributed by atoms with E-state index in [1.807, 2.05) is 13.2 Å². The molecule has 7 heteroatoms. The zero-order valence-corrected chi connectivity index (χ0v) is 12.5. The van der Waals surface area contributed by atoms with Crippen LogP contribution >= 0.6 is 15.9 Å². The quantitative estimate of drug-likeness (QED) is 0.915. The Kier molecular flexibility index (Phi) is 4.36. The molecule has 0 unspecified atom stereocenters. The first-order chi connectivity index (χ1) is 9.11. The number of aromatic nitrogens is 4. The molecule has 0 aliphatic rings. The van der Waals surface area contributed by atoms with E-state index < -0.39 is 0 Å². The van der Waals surface area contributed by atoms with Crippen LogP contribution in [0.5, 0.6) is 0 Å². The second-order valence-electron chi connectivity index (χ2n) is 4.28. The van der Waals surface area contributed by atoms with E-state index >= 15 is 0 Å². The lowest BCUT2D eigenvalue weighted by molar-refractivity contribution is 0.541. The van der Waals surface area contributed by atoms with Gasteiger partial charge in [0.1, 0.15) is 4.47 Å². The van der Waals surface area contributed by atoms with Gasteiger partial charge in [0.2, 0.25) is 0 Å². The third-order valence-corrected chi connectivity index (χ3v) is 3.46. The summed E-state index contributed by atoms with van der Waals surface area (Å²) in [6.45, 7) is 2.72. The molecule has 19 heavy (non-hydrogen) atoms. The van der Waals surface area contributed by atoms with Crippen LogP contribution in [0.4, 0.5) is 11.4 Å². The van der Waals surface area contributed by atoms with Crippen molar-refractivity contribution in [2.24, 2.45) is 7.05 Å². The van der Waals surface area contributed by atoms with Crippen molar-refractivity contribution < 1.29 is 0 Å². The maximum atomic E-state index is 12.1. The van der Waals surface area contributed by atoms with Crippen molar-refractivity contribution >= 4 is 27.3 Å². The van der Waals surface area contributed by atoms with Crippen LogP contribution in [0.15, 0.2) is 27.9 Å².